The first-order valence-corrected chi connectivity index (χ1v) is 18.5. The molecule has 2 aromatic heterocycles. The zero-order chi connectivity index (χ0) is 35.5. The third-order valence-corrected chi connectivity index (χ3v) is 11.8. The van der Waals surface area contributed by atoms with E-state index in [1.165, 1.54) is 29.3 Å². The van der Waals surface area contributed by atoms with E-state index in [0.29, 0.717) is 56.9 Å². The summed E-state index contributed by atoms with van der Waals surface area (Å²) in [6.07, 6.45) is 6.81. The van der Waals surface area contributed by atoms with E-state index in [4.69, 9.17) is 42.1 Å². The molecule has 12 heteroatoms. The summed E-state index contributed by atoms with van der Waals surface area (Å²) < 4.78 is 23.2. The first-order chi connectivity index (χ1) is 24.8. The normalized spacial score (nSPS) is 22.7. The SMILES string of the molecule is COc1ccc([C@H](Cc2c(Cl)cncc2Cl)OC(=O)c2ccc(CNC3CC(C(=O)O[C@H]4CN5CC=C4CC5)(c4ccccc4)C3)s2)cc1OC. The molecule has 2 fully saturated rings. The standard InChI is InChI=1S/C39H39Cl2N3O6S/c1-47-32-10-8-25(16-34(32)48-2)33(17-29-30(40)21-42-22-31(29)41)49-37(45)36-11-9-28(51-36)20-43-27-18-39(19-27,26-6-4-3-5-7-26)38(46)50-35-23-44-14-12-24(35)13-15-44/h3-12,16,21-22,27,33,35,43H,13-15,17-20,23H2,1-2H3/t27?,33-,35-,39?/m0/s1. The molecule has 0 radical (unpaired) electrons. The fraction of sp³-hybridized carbons (Fsp3) is 0.359. The number of pyridine rings is 1. The Kier molecular flexibility index (Phi) is 10.7. The molecule has 4 aliphatic rings. The van der Waals surface area contributed by atoms with Gasteiger partial charge in [-0.15, -0.1) is 11.3 Å². The van der Waals surface area contributed by atoms with Crippen molar-refractivity contribution in [1.29, 1.82) is 0 Å². The molecule has 9 nitrogen and oxygen atoms in total. The topological polar surface area (TPSA) is 99.2 Å². The predicted octanol–water partition coefficient (Wildman–Crippen LogP) is 7.36. The van der Waals surface area contributed by atoms with Crippen LogP contribution in [0.1, 0.15) is 56.6 Å². The molecule has 8 rings (SSSR count). The molecule has 51 heavy (non-hydrogen) atoms. The van der Waals surface area contributed by atoms with Gasteiger partial charge in [0.15, 0.2) is 11.5 Å². The van der Waals surface area contributed by atoms with Crippen LogP contribution in [0.5, 0.6) is 11.5 Å². The summed E-state index contributed by atoms with van der Waals surface area (Å²) in [5.41, 5.74) is 2.86. The quantitative estimate of drug-likeness (QED) is 0.111. The maximum Gasteiger partial charge on any atom is 0.348 e. The Labute approximate surface area is 311 Å². The van der Waals surface area contributed by atoms with Gasteiger partial charge in [-0.1, -0.05) is 65.7 Å². The summed E-state index contributed by atoms with van der Waals surface area (Å²) >= 11 is 14.3. The van der Waals surface area contributed by atoms with Crippen LogP contribution in [-0.4, -0.2) is 67.8 Å². The molecule has 3 atom stereocenters. The predicted molar refractivity (Wildman–Crippen MR) is 197 cm³/mol. The van der Waals surface area contributed by atoms with Crippen molar-refractivity contribution in [2.75, 3.05) is 33.9 Å². The van der Waals surface area contributed by atoms with Crippen LogP contribution < -0.4 is 14.8 Å². The number of piperidine rings is 1. The van der Waals surface area contributed by atoms with Crippen molar-refractivity contribution in [2.24, 2.45) is 0 Å². The van der Waals surface area contributed by atoms with Crippen molar-refractivity contribution in [3.05, 3.63) is 121 Å². The van der Waals surface area contributed by atoms with Crippen LogP contribution >= 0.6 is 34.5 Å². The summed E-state index contributed by atoms with van der Waals surface area (Å²) in [6, 6.07) is 19.2. The van der Waals surface area contributed by atoms with Crippen molar-refractivity contribution in [3.8, 4) is 11.5 Å². The lowest BCUT2D eigenvalue weighted by atomic mass is 9.61. The molecular weight excluding hydrogens is 709 g/mol. The number of benzene rings is 2. The molecule has 266 valence electrons. The van der Waals surface area contributed by atoms with Crippen molar-refractivity contribution >= 4 is 46.5 Å². The van der Waals surface area contributed by atoms with Crippen molar-refractivity contribution in [2.45, 2.75) is 55.9 Å². The number of thiophene rings is 1. The summed E-state index contributed by atoms with van der Waals surface area (Å²) in [4.78, 5) is 35.2. The van der Waals surface area contributed by atoms with Crippen LogP contribution in [0.25, 0.3) is 0 Å². The number of carbonyl (C=O) groups excluding carboxylic acids is 2. The monoisotopic (exact) mass is 747 g/mol. The highest BCUT2D eigenvalue weighted by Gasteiger charge is 2.53. The number of esters is 2. The van der Waals surface area contributed by atoms with Crippen LogP contribution in [0.4, 0.5) is 0 Å². The van der Waals surface area contributed by atoms with E-state index in [2.05, 4.69) is 21.3 Å². The number of fused-ring (bicyclic) bond motifs is 3. The first-order valence-electron chi connectivity index (χ1n) is 17.0. The summed E-state index contributed by atoms with van der Waals surface area (Å²) in [5, 5.41) is 4.36. The van der Waals surface area contributed by atoms with Crippen LogP contribution in [0.15, 0.2) is 84.7 Å². The number of rotatable bonds is 13. The summed E-state index contributed by atoms with van der Waals surface area (Å²) in [7, 11) is 3.11. The zero-order valence-electron chi connectivity index (χ0n) is 28.4. The van der Waals surface area contributed by atoms with E-state index in [1.807, 2.05) is 42.5 Å². The molecule has 0 spiro atoms. The Morgan fingerprint density at radius 1 is 1.02 bits per heavy atom. The van der Waals surface area contributed by atoms with Gasteiger partial charge in [-0.2, -0.15) is 0 Å². The second-order valence-corrected chi connectivity index (χ2v) is 15.2. The van der Waals surface area contributed by atoms with Crippen LogP contribution in [0, 0.1) is 0 Å². The Balaban J connectivity index is 1.01. The lowest BCUT2D eigenvalue weighted by Crippen LogP contribution is -2.57. The van der Waals surface area contributed by atoms with Gasteiger partial charge in [-0.05, 0) is 65.8 Å². The lowest BCUT2D eigenvalue weighted by molar-refractivity contribution is -0.161. The molecule has 1 N–H and O–H groups in total. The number of carbonyl (C=O) groups is 2. The molecule has 3 aliphatic heterocycles. The largest absolute Gasteiger partial charge is 0.493 e. The second-order valence-electron chi connectivity index (χ2n) is 13.2. The minimum Gasteiger partial charge on any atom is -0.493 e. The maximum atomic E-state index is 13.8. The zero-order valence-corrected chi connectivity index (χ0v) is 30.7. The highest BCUT2D eigenvalue weighted by molar-refractivity contribution is 7.13. The summed E-state index contributed by atoms with van der Waals surface area (Å²) in [6.45, 7) is 3.29. The number of hydrogen-bond acceptors (Lipinski definition) is 10. The van der Waals surface area contributed by atoms with Crippen molar-refractivity contribution in [1.82, 2.24) is 15.2 Å². The Hall–Kier alpha value is -3.93. The average Bonchev–Trinajstić information content (AvgIpc) is 3.62. The number of ether oxygens (including phenoxy) is 4. The molecule has 1 aliphatic carbocycles. The minimum absolute atomic E-state index is 0.116. The Bertz CT molecular complexity index is 1910. The lowest BCUT2D eigenvalue weighted by Gasteiger charge is -2.48. The van der Waals surface area contributed by atoms with Crippen molar-refractivity contribution < 1.29 is 28.5 Å². The van der Waals surface area contributed by atoms with Crippen LogP contribution in [-0.2, 0) is 32.6 Å². The van der Waals surface area contributed by atoms with Crippen LogP contribution in [0.2, 0.25) is 10.0 Å². The first kappa shape index (κ1) is 35.5. The van der Waals surface area contributed by atoms with Gasteiger partial charge < -0.3 is 24.3 Å². The van der Waals surface area contributed by atoms with Crippen LogP contribution in [0.3, 0.4) is 0 Å². The van der Waals surface area contributed by atoms with Gasteiger partial charge in [0.05, 0.1) is 29.7 Å². The molecular formula is C39H39Cl2N3O6S. The molecule has 0 amide bonds. The highest BCUT2D eigenvalue weighted by Crippen LogP contribution is 2.46. The van der Waals surface area contributed by atoms with Gasteiger partial charge in [0.1, 0.15) is 17.1 Å². The third-order valence-electron chi connectivity index (χ3n) is 10.1. The van der Waals surface area contributed by atoms with Gasteiger partial charge >= 0.3 is 11.9 Å². The fourth-order valence-electron chi connectivity index (χ4n) is 7.21. The van der Waals surface area contributed by atoms with E-state index in [1.54, 1.807) is 32.4 Å². The smallest absolute Gasteiger partial charge is 0.348 e. The second kappa shape index (κ2) is 15.4. The van der Waals surface area contributed by atoms with Crippen molar-refractivity contribution in [3.63, 3.8) is 0 Å². The number of aromatic nitrogens is 1. The summed E-state index contributed by atoms with van der Waals surface area (Å²) in [5.74, 6) is 0.443. The Morgan fingerprint density at radius 2 is 1.78 bits per heavy atom. The molecule has 1 saturated carbocycles. The van der Waals surface area contributed by atoms with Gasteiger partial charge in [-0.25, -0.2) is 4.79 Å². The number of methoxy groups -OCH3 is 2. The van der Waals surface area contributed by atoms with Gasteiger partial charge in [0.25, 0.3) is 0 Å². The molecule has 1 saturated heterocycles. The van der Waals surface area contributed by atoms with E-state index in [0.717, 1.165) is 36.5 Å². The minimum atomic E-state index is -0.725. The van der Waals surface area contributed by atoms with Gasteiger partial charge in [-0.3, -0.25) is 14.7 Å². The number of halogens is 2. The van der Waals surface area contributed by atoms with E-state index in [9.17, 15) is 9.59 Å². The van der Waals surface area contributed by atoms with E-state index in [-0.39, 0.29) is 24.5 Å². The highest BCUT2D eigenvalue weighted by atomic mass is 35.5. The Morgan fingerprint density at radius 3 is 2.45 bits per heavy atom. The maximum absolute atomic E-state index is 13.8. The molecule has 2 aromatic carbocycles. The van der Waals surface area contributed by atoms with Gasteiger partial charge in [0.2, 0.25) is 0 Å². The molecule has 5 heterocycles. The fourth-order valence-corrected chi connectivity index (χ4v) is 8.57. The molecule has 2 bridgehead atoms. The third kappa shape index (κ3) is 7.52. The van der Waals surface area contributed by atoms with E-state index >= 15 is 0 Å². The molecule has 4 aromatic rings. The molecule has 1 unspecified atom stereocenters. The number of hydrogen-bond donors (Lipinski definition) is 1. The van der Waals surface area contributed by atoms with E-state index < -0.39 is 17.5 Å². The van der Waals surface area contributed by atoms with Gasteiger partial charge in [0, 0.05) is 55.9 Å². The average molecular weight is 749 g/mol. The number of nitrogens with zero attached hydrogens (tertiary/aromatic N) is 2. The number of nitrogens with one attached hydrogen (secondary N) is 1.